The number of carbonyl (C=O) groups is 1. The molecule has 2 N–H and O–H groups in total. The van der Waals surface area contributed by atoms with Crippen molar-refractivity contribution in [3.05, 3.63) is 53.1 Å². The summed E-state index contributed by atoms with van der Waals surface area (Å²) in [7, 11) is 0. The van der Waals surface area contributed by atoms with E-state index in [4.69, 9.17) is 0 Å². The van der Waals surface area contributed by atoms with E-state index in [1.807, 2.05) is 6.92 Å². The average Bonchev–Trinajstić information content (AvgIpc) is 3.22. The number of carbonyl (C=O) groups excluding carboxylic acids is 1. The van der Waals surface area contributed by atoms with Crippen molar-refractivity contribution in [2.24, 2.45) is 0 Å². The first-order chi connectivity index (χ1) is 15.8. The predicted molar refractivity (Wildman–Crippen MR) is 116 cm³/mol. The van der Waals surface area contributed by atoms with Crippen molar-refractivity contribution in [3.8, 4) is 0 Å². The summed E-state index contributed by atoms with van der Waals surface area (Å²) in [6.07, 6.45) is 3.58. The highest BCUT2D eigenvalue weighted by Crippen LogP contribution is 2.33. The maximum atomic E-state index is 14.4. The zero-order chi connectivity index (χ0) is 23.6. The first kappa shape index (κ1) is 23.0. The van der Waals surface area contributed by atoms with E-state index >= 15 is 0 Å². The third-order valence-corrected chi connectivity index (χ3v) is 5.99. The Morgan fingerprint density at radius 1 is 1.18 bits per heavy atom. The number of hydrogen-bond acceptors (Lipinski definition) is 4. The molecule has 3 aromatic rings. The van der Waals surface area contributed by atoms with Crippen LogP contribution in [0.25, 0.3) is 11.0 Å². The summed E-state index contributed by atoms with van der Waals surface area (Å²) in [5.41, 5.74) is -0.127. The standard InChI is InChI=1S/C23H25F4N5O/c1-2-32-21-16(13-30-32)20(31-15-8-4-3-5-9-15)17(12-28-21)22(33)29-11-14-7-6-10-18(19(14)24)23(25,26)27/h6-7,10,12-13,15H,2-5,8-9,11H2,1H3,(H,28,31)(H,29,33). The number of benzene rings is 1. The number of amides is 1. The number of nitrogens with one attached hydrogen (secondary N) is 2. The van der Waals surface area contributed by atoms with Gasteiger partial charge in [-0.1, -0.05) is 31.4 Å². The number of halogens is 4. The van der Waals surface area contributed by atoms with E-state index in [9.17, 15) is 22.4 Å². The lowest BCUT2D eigenvalue weighted by atomic mass is 9.95. The SMILES string of the molecule is CCn1ncc2c(NC3CCCCC3)c(C(=O)NCc3cccc(C(F)(F)F)c3F)cnc21. The fourth-order valence-electron chi connectivity index (χ4n) is 4.24. The van der Waals surface area contributed by atoms with E-state index in [1.54, 1.807) is 10.9 Å². The van der Waals surface area contributed by atoms with Crippen LogP contribution in [0.2, 0.25) is 0 Å². The van der Waals surface area contributed by atoms with Crippen molar-refractivity contribution >= 4 is 22.6 Å². The number of nitrogens with zero attached hydrogens (tertiary/aromatic N) is 3. The van der Waals surface area contributed by atoms with Gasteiger partial charge in [0.05, 0.1) is 28.4 Å². The Morgan fingerprint density at radius 2 is 1.94 bits per heavy atom. The minimum absolute atomic E-state index is 0.196. The number of rotatable bonds is 6. The van der Waals surface area contributed by atoms with Crippen molar-refractivity contribution < 1.29 is 22.4 Å². The molecule has 1 saturated carbocycles. The number of hydrogen-bond donors (Lipinski definition) is 2. The topological polar surface area (TPSA) is 71.8 Å². The van der Waals surface area contributed by atoms with Gasteiger partial charge in [-0.15, -0.1) is 0 Å². The third-order valence-electron chi connectivity index (χ3n) is 5.99. The van der Waals surface area contributed by atoms with Gasteiger partial charge in [0.2, 0.25) is 0 Å². The number of anilines is 1. The van der Waals surface area contributed by atoms with Gasteiger partial charge in [-0.05, 0) is 25.8 Å². The number of fused-ring (bicyclic) bond motifs is 1. The van der Waals surface area contributed by atoms with Crippen LogP contribution in [-0.2, 0) is 19.3 Å². The summed E-state index contributed by atoms with van der Waals surface area (Å²) in [4.78, 5) is 17.4. The monoisotopic (exact) mass is 463 g/mol. The van der Waals surface area contributed by atoms with Crippen LogP contribution < -0.4 is 10.6 Å². The Bertz CT molecular complexity index is 1150. The molecule has 0 radical (unpaired) electrons. The van der Waals surface area contributed by atoms with E-state index in [2.05, 4.69) is 20.7 Å². The highest BCUT2D eigenvalue weighted by Gasteiger charge is 2.34. The van der Waals surface area contributed by atoms with Crippen LogP contribution in [0.1, 0.15) is 60.5 Å². The molecule has 0 atom stereocenters. The van der Waals surface area contributed by atoms with Crippen LogP contribution in [0.4, 0.5) is 23.2 Å². The molecule has 1 aromatic carbocycles. The molecule has 1 aliphatic rings. The minimum atomic E-state index is -4.81. The predicted octanol–water partition coefficient (Wildman–Crippen LogP) is 5.28. The second-order valence-electron chi connectivity index (χ2n) is 8.18. The largest absolute Gasteiger partial charge is 0.419 e. The summed E-state index contributed by atoms with van der Waals surface area (Å²) in [5.74, 6) is -1.94. The van der Waals surface area contributed by atoms with Gasteiger partial charge < -0.3 is 10.6 Å². The summed E-state index contributed by atoms with van der Waals surface area (Å²) in [6.45, 7) is 2.16. The number of aromatic nitrogens is 3. The lowest BCUT2D eigenvalue weighted by Crippen LogP contribution is -2.28. The molecule has 0 aliphatic heterocycles. The lowest BCUT2D eigenvalue weighted by Gasteiger charge is -2.25. The van der Waals surface area contributed by atoms with Crippen molar-refractivity contribution in [2.45, 2.75) is 64.3 Å². The molecular weight excluding hydrogens is 438 g/mol. The number of aryl methyl sites for hydroxylation is 1. The average molecular weight is 463 g/mol. The van der Waals surface area contributed by atoms with E-state index in [0.29, 0.717) is 29.3 Å². The van der Waals surface area contributed by atoms with Crippen molar-refractivity contribution in [1.82, 2.24) is 20.1 Å². The molecule has 0 bridgehead atoms. The lowest BCUT2D eigenvalue weighted by molar-refractivity contribution is -0.140. The van der Waals surface area contributed by atoms with E-state index in [0.717, 1.165) is 31.7 Å². The highest BCUT2D eigenvalue weighted by molar-refractivity contribution is 6.06. The summed E-state index contributed by atoms with van der Waals surface area (Å²) in [6, 6.07) is 3.22. The Balaban J connectivity index is 1.62. The molecule has 176 valence electrons. The van der Waals surface area contributed by atoms with Crippen molar-refractivity contribution in [1.29, 1.82) is 0 Å². The van der Waals surface area contributed by atoms with Crippen LogP contribution in [0.3, 0.4) is 0 Å². The molecule has 0 unspecified atom stereocenters. The Hall–Kier alpha value is -3.17. The molecule has 0 saturated heterocycles. The first-order valence-electron chi connectivity index (χ1n) is 11.0. The van der Waals surface area contributed by atoms with Gasteiger partial charge in [0, 0.05) is 30.9 Å². The highest BCUT2D eigenvalue weighted by atomic mass is 19.4. The molecule has 1 amide bonds. The quantitative estimate of drug-likeness (QED) is 0.488. The summed E-state index contributed by atoms with van der Waals surface area (Å²) >= 11 is 0. The molecule has 2 heterocycles. The zero-order valence-corrected chi connectivity index (χ0v) is 18.2. The molecule has 4 rings (SSSR count). The van der Waals surface area contributed by atoms with Crippen LogP contribution in [0, 0.1) is 5.82 Å². The van der Waals surface area contributed by atoms with E-state index in [1.165, 1.54) is 18.7 Å². The number of alkyl halides is 3. The maximum Gasteiger partial charge on any atom is 0.419 e. The van der Waals surface area contributed by atoms with Crippen LogP contribution in [-0.4, -0.2) is 26.7 Å². The smallest absolute Gasteiger partial charge is 0.381 e. The van der Waals surface area contributed by atoms with Gasteiger partial charge in [-0.3, -0.25) is 4.79 Å². The second kappa shape index (κ2) is 9.36. The second-order valence-corrected chi connectivity index (χ2v) is 8.18. The zero-order valence-electron chi connectivity index (χ0n) is 18.2. The van der Waals surface area contributed by atoms with Gasteiger partial charge >= 0.3 is 6.18 Å². The van der Waals surface area contributed by atoms with Gasteiger partial charge in [-0.25, -0.2) is 14.1 Å². The third kappa shape index (κ3) is 4.79. The molecule has 33 heavy (non-hydrogen) atoms. The molecule has 1 aliphatic carbocycles. The summed E-state index contributed by atoms with van der Waals surface area (Å²) < 4.78 is 55.1. The van der Waals surface area contributed by atoms with Gasteiger partial charge in [0.1, 0.15) is 5.82 Å². The van der Waals surface area contributed by atoms with Crippen LogP contribution in [0.5, 0.6) is 0 Å². The van der Waals surface area contributed by atoms with Gasteiger partial charge in [0.25, 0.3) is 5.91 Å². The Morgan fingerprint density at radius 3 is 2.64 bits per heavy atom. The molecule has 6 nitrogen and oxygen atoms in total. The molecule has 2 aromatic heterocycles. The molecular formula is C23H25F4N5O. The van der Waals surface area contributed by atoms with Gasteiger partial charge in [0.15, 0.2) is 5.65 Å². The van der Waals surface area contributed by atoms with E-state index < -0.39 is 23.5 Å². The van der Waals surface area contributed by atoms with Crippen LogP contribution in [0.15, 0.2) is 30.6 Å². The first-order valence-corrected chi connectivity index (χ1v) is 11.0. The maximum absolute atomic E-state index is 14.4. The Kier molecular flexibility index (Phi) is 6.53. The summed E-state index contributed by atoms with van der Waals surface area (Å²) in [5, 5.41) is 11.0. The van der Waals surface area contributed by atoms with Crippen molar-refractivity contribution in [3.63, 3.8) is 0 Å². The normalized spacial score (nSPS) is 15.1. The van der Waals surface area contributed by atoms with Gasteiger partial charge in [-0.2, -0.15) is 18.3 Å². The fourth-order valence-corrected chi connectivity index (χ4v) is 4.24. The van der Waals surface area contributed by atoms with E-state index in [-0.39, 0.29) is 23.7 Å². The molecule has 1 fully saturated rings. The van der Waals surface area contributed by atoms with Crippen molar-refractivity contribution in [2.75, 3.05) is 5.32 Å². The fraction of sp³-hybridized carbons (Fsp3) is 0.435. The minimum Gasteiger partial charge on any atom is -0.381 e. The molecule has 10 heteroatoms. The Labute approximate surface area is 188 Å². The molecule has 0 spiro atoms. The number of pyridine rings is 1. The van der Waals surface area contributed by atoms with Crippen LogP contribution >= 0.6 is 0 Å².